The molecule has 0 aromatic rings. The number of nitrogens with one attached hydrogen (secondary N) is 1. The van der Waals surface area contributed by atoms with E-state index in [4.69, 9.17) is 9.47 Å². The third kappa shape index (κ3) is 28.1. The van der Waals surface area contributed by atoms with Crippen LogP contribution in [0, 0.1) is 0 Å². The van der Waals surface area contributed by atoms with E-state index in [9.17, 15) is 30.3 Å². The van der Waals surface area contributed by atoms with Crippen molar-refractivity contribution in [3.63, 3.8) is 0 Å². The number of aliphatic hydroxyl groups is 5. The molecule has 0 radical (unpaired) electrons. The highest BCUT2D eigenvalue weighted by molar-refractivity contribution is 5.76. The Hall–Kier alpha value is -1.07. The van der Waals surface area contributed by atoms with Crippen molar-refractivity contribution in [1.82, 2.24) is 5.32 Å². The summed E-state index contributed by atoms with van der Waals surface area (Å²) in [4.78, 5) is 12.9. The summed E-state index contributed by atoms with van der Waals surface area (Å²) in [7, 11) is 0. The van der Waals surface area contributed by atoms with Gasteiger partial charge in [-0.3, -0.25) is 4.79 Å². The SMILES string of the molecule is CCCCCCCCCCCCCCCCCCCCCC/C=C/C(O)C(COC1OC(CO)C(O)C(O)C1O)NC(=O)CCCCCCCCCCCC. The molecule has 0 bridgehead atoms. The number of unbranched alkanes of at least 4 members (excludes halogenated alkanes) is 29. The van der Waals surface area contributed by atoms with Crippen molar-refractivity contribution in [2.75, 3.05) is 13.2 Å². The zero-order valence-electron chi connectivity index (χ0n) is 35.7. The van der Waals surface area contributed by atoms with Gasteiger partial charge in [0.15, 0.2) is 6.29 Å². The van der Waals surface area contributed by atoms with Gasteiger partial charge in [0.2, 0.25) is 5.91 Å². The van der Waals surface area contributed by atoms with Crippen molar-refractivity contribution in [2.24, 2.45) is 0 Å². The predicted octanol–water partition coefficient (Wildman–Crippen LogP) is 9.73. The number of hydrogen-bond acceptors (Lipinski definition) is 8. The van der Waals surface area contributed by atoms with Gasteiger partial charge in [0.25, 0.3) is 0 Å². The monoisotopic (exact) mass is 784 g/mol. The summed E-state index contributed by atoms with van der Waals surface area (Å²) in [5.74, 6) is -0.177. The molecule has 0 saturated carbocycles. The predicted molar refractivity (Wildman–Crippen MR) is 226 cm³/mol. The Labute approximate surface area is 337 Å². The van der Waals surface area contributed by atoms with Crippen LogP contribution in [0.5, 0.6) is 0 Å². The maximum absolute atomic E-state index is 12.9. The summed E-state index contributed by atoms with van der Waals surface area (Å²) < 4.78 is 11.2. The molecule has 0 aliphatic carbocycles. The molecule has 7 unspecified atom stereocenters. The number of carbonyl (C=O) groups is 1. The normalized spacial score (nSPS) is 21.3. The molecule has 0 aromatic heterocycles. The largest absolute Gasteiger partial charge is 0.394 e. The summed E-state index contributed by atoms with van der Waals surface area (Å²) in [6.45, 7) is 3.77. The molecule has 1 heterocycles. The van der Waals surface area contributed by atoms with E-state index in [2.05, 4.69) is 19.2 Å². The van der Waals surface area contributed by atoms with E-state index in [1.165, 1.54) is 161 Å². The molecule has 0 aromatic carbocycles. The first kappa shape index (κ1) is 51.9. The molecule has 0 spiro atoms. The highest BCUT2D eigenvalue weighted by Crippen LogP contribution is 2.23. The Morgan fingerprint density at radius 3 is 1.42 bits per heavy atom. The van der Waals surface area contributed by atoms with E-state index >= 15 is 0 Å². The molecular formula is C46H89NO8. The quantitative estimate of drug-likeness (QED) is 0.0267. The molecule has 9 nitrogen and oxygen atoms in total. The number of ether oxygens (including phenoxy) is 2. The molecule has 1 rings (SSSR count). The third-order valence-electron chi connectivity index (χ3n) is 11.4. The van der Waals surface area contributed by atoms with E-state index in [1.807, 2.05) is 6.08 Å². The number of rotatable bonds is 39. The van der Waals surface area contributed by atoms with Crippen LogP contribution in [0.15, 0.2) is 12.2 Å². The molecule has 6 N–H and O–H groups in total. The fraction of sp³-hybridized carbons (Fsp3) is 0.935. The first-order valence-corrected chi connectivity index (χ1v) is 23.4. The summed E-state index contributed by atoms with van der Waals surface area (Å²) in [5.41, 5.74) is 0. The van der Waals surface area contributed by atoms with Gasteiger partial charge in [-0.1, -0.05) is 206 Å². The van der Waals surface area contributed by atoms with Crippen LogP contribution in [0.3, 0.4) is 0 Å². The molecule has 1 amide bonds. The molecular weight excluding hydrogens is 695 g/mol. The fourth-order valence-electron chi connectivity index (χ4n) is 7.57. The van der Waals surface area contributed by atoms with Gasteiger partial charge in [0.05, 0.1) is 25.4 Å². The molecule has 1 aliphatic heterocycles. The summed E-state index contributed by atoms with van der Waals surface area (Å²) in [6.07, 6.45) is 35.5. The molecule has 7 atom stereocenters. The lowest BCUT2D eigenvalue weighted by atomic mass is 9.99. The Bertz CT molecular complexity index is 873. The Balaban J connectivity index is 2.28. The Morgan fingerprint density at radius 2 is 1.00 bits per heavy atom. The van der Waals surface area contributed by atoms with Crippen LogP contribution in [0.25, 0.3) is 0 Å². The van der Waals surface area contributed by atoms with Gasteiger partial charge in [0.1, 0.15) is 24.4 Å². The van der Waals surface area contributed by atoms with Gasteiger partial charge >= 0.3 is 0 Å². The smallest absolute Gasteiger partial charge is 0.220 e. The average molecular weight is 784 g/mol. The lowest BCUT2D eigenvalue weighted by Crippen LogP contribution is -2.60. The number of hydrogen-bond donors (Lipinski definition) is 6. The van der Waals surface area contributed by atoms with Crippen LogP contribution in [0.4, 0.5) is 0 Å². The van der Waals surface area contributed by atoms with Crippen LogP contribution in [-0.2, 0) is 14.3 Å². The second kappa shape index (κ2) is 37.2. The molecule has 1 saturated heterocycles. The standard InChI is InChI=1S/C46H89NO8/c1-3-5-7-9-11-13-15-16-17-18-19-20-21-22-23-24-25-26-27-29-31-33-35-40(49)39(38-54-46-45(53)44(52)43(51)41(37-48)55-46)47-42(50)36-34-32-30-28-14-12-10-8-6-4-2/h33,35,39-41,43-46,48-49,51-53H,3-32,34,36-38H2,1-2H3,(H,47,50)/b35-33+. The lowest BCUT2D eigenvalue weighted by molar-refractivity contribution is -0.302. The Kier molecular flexibility index (Phi) is 35.2. The van der Waals surface area contributed by atoms with E-state index in [0.717, 1.165) is 38.5 Å². The molecule has 1 aliphatic rings. The van der Waals surface area contributed by atoms with E-state index in [-0.39, 0.29) is 12.5 Å². The van der Waals surface area contributed by atoms with Gasteiger partial charge in [-0.25, -0.2) is 0 Å². The van der Waals surface area contributed by atoms with Gasteiger partial charge < -0.3 is 40.3 Å². The van der Waals surface area contributed by atoms with Crippen LogP contribution in [0.1, 0.15) is 219 Å². The number of aliphatic hydroxyl groups excluding tert-OH is 5. The molecule has 1 fully saturated rings. The zero-order valence-corrected chi connectivity index (χ0v) is 35.7. The van der Waals surface area contributed by atoms with Crippen molar-refractivity contribution in [1.29, 1.82) is 0 Å². The van der Waals surface area contributed by atoms with Crippen molar-refractivity contribution < 1.29 is 39.8 Å². The second-order valence-corrected chi connectivity index (χ2v) is 16.6. The number of amides is 1. The second-order valence-electron chi connectivity index (χ2n) is 16.6. The summed E-state index contributed by atoms with van der Waals surface area (Å²) in [6, 6.07) is -0.797. The van der Waals surface area contributed by atoms with E-state index < -0.39 is 49.5 Å². The maximum atomic E-state index is 12.9. The van der Waals surface area contributed by atoms with E-state index in [1.54, 1.807) is 6.08 Å². The maximum Gasteiger partial charge on any atom is 0.220 e. The van der Waals surface area contributed by atoms with E-state index in [0.29, 0.717) is 6.42 Å². The van der Waals surface area contributed by atoms with Crippen LogP contribution in [-0.4, -0.2) is 87.5 Å². The van der Waals surface area contributed by atoms with Crippen LogP contribution < -0.4 is 5.32 Å². The van der Waals surface area contributed by atoms with Crippen molar-refractivity contribution >= 4 is 5.91 Å². The summed E-state index contributed by atoms with van der Waals surface area (Å²) in [5, 5.41) is 54.1. The lowest BCUT2D eigenvalue weighted by Gasteiger charge is -2.40. The molecule has 55 heavy (non-hydrogen) atoms. The topological polar surface area (TPSA) is 149 Å². The Morgan fingerprint density at radius 1 is 0.600 bits per heavy atom. The van der Waals surface area contributed by atoms with Gasteiger partial charge in [-0.2, -0.15) is 0 Å². The molecule has 9 heteroatoms. The van der Waals surface area contributed by atoms with Crippen LogP contribution in [0.2, 0.25) is 0 Å². The van der Waals surface area contributed by atoms with Gasteiger partial charge in [0, 0.05) is 6.42 Å². The minimum atomic E-state index is -1.56. The minimum absolute atomic E-state index is 0.177. The highest BCUT2D eigenvalue weighted by atomic mass is 16.7. The first-order chi connectivity index (χ1) is 26.8. The van der Waals surface area contributed by atoms with Crippen molar-refractivity contribution in [3.8, 4) is 0 Å². The average Bonchev–Trinajstić information content (AvgIpc) is 3.18. The summed E-state index contributed by atoms with van der Waals surface area (Å²) >= 11 is 0. The number of allylic oxidation sites excluding steroid dienone is 1. The van der Waals surface area contributed by atoms with Crippen molar-refractivity contribution in [2.45, 2.75) is 262 Å². The number of carbonyl (C=O) groups excluding carboxylic acids is 1. The fourth-order valence-corrected chi connectivity index (χ4v) is 7.57. The first-order valence-electron chi connectivity index (χ1n) is 23.4. The minimum Gasteiger partial charge on any atom is -0.394 e. The van der Waals surface area contributed by atoms with Gasteiger partial charge in [-0.05, 0) is 19.3 Å². The molecule has 326 valence electrons. The van der Waals surface area contributed by atoms with Gasteiger partial charge in [-0.15, -0.1) is 0 Å². The third-order valence-corrected chi connectivity index (χ3v) is 11.4. The van der Waals surface area contributed by atoms with Crippen LogP contribution >= 0.6 is 0 Å². The zero-order chi connectivity index (χ0) is 40.2. The highest BCUT2D eigenvalue weighted by Gasteiger charge is 2.44. The van der Waals surface area contributed by atoms with Crippen molar-refractivity contribution in [3.05, 3.63) is 12.2 Å².